The van der Waals surface area contributed by atoms with E-state index in [0.717, 1.165) is 56.8 Å². The second-order valence-electron chi connectivity index (χ2n) is 9.03. The number of carbonyl (C=O) groups is 1. The number of carbonyl (C=O) groups excluding carboxylic acids is 1. The first kappa shape index (κ1) is 22.5. The van der Waals surface area contributed by atoms with Gasteiger partial charge in [-0.25, -0.2) is 0 Å². The van der Waals surface area contributed by atoms with Crippen molar-refractivity contribution in [2.45, 2.75) is 52.0 Å². The standard InChI is InChI=1S/C25H35N5O2/c1-2-3-15-32-25-27-23(26)22-16-21(31)18-30(24(22)28-25)14-11-19-9-12-29(13-10-19)17-20-7-5-4-6-8-20/h4-8,19H,2-3,9-18H2,1H3,(H2,26,27,28). The van der Waals surface area contributed by atoms with E-state index in [1.165, 1.54) is 18.4 Å². The third-order valence-electron chi connectivity index (χ3n) is 6.53. The van der Waals surface area contributed by atoms with Gasteiger partial charge in [0.2, 0.25) is 0 Å². The van der Waals surface area contributed by atoms with Gasteiger partial charge in [-0.3, -0.25) is 9.69 Å². The van der Waals surface area contributed by atoms with E-state index in [1.54, 1.807) is 0 Å². The lowest BCUT2D eigenvalue weighted by Crippen LogP contribution is -2.39. The van der Waals surface area contributed by atoms with E-state index in [9.17, 15) is 4.79 Å². The molecule has 2 aliphatic rings. The molecule has 2 aromatic rings. The molecule has 2 N–H and O–H groups in total. The number of nitrogen functional groups attached to an aromatic ring is 1. The summed E-state index contributed by atoms with van der Waals surface area (Å²) in [5, 5.41) is 0. The van der Waals surface area contributed by atoms with Gasteiger partial charge in [0.15, 0.2) is 5.78 Å². The molecule has 3 heterocycles. The number of aromatic nitrogens is 2. The molecule has 172 valence electrons. The van der Waals surface area contributed by atoms with Crippen LogP contribution >= 0.6 is 0 Å². The summed E-state index contributed by atoms with van der Waals surface area (Å²) < 4.78 is 5.70. The summed E-state index contributed by atoms with van der Waals surface area (Å²) in [7, 11) is 0. The van der Waals surface area contributed by atoms with Crippen molar-refractivity contribution < 1.29 is 9.53 Å². The maximum absolute atomic E-state index is 12.4. The van der Waals surface area contributed by atoms with Crippen LogP contribution in [-0.4, -0.2) is 53.4 Å². The van der Waals surface area contributed by atoms with E-state index in [-0.39, 0.29) is 5.78 Å². The monoisotopic (exact) mass is 437 g/mol. The van der Waals surface area contributed by atoms with Crippen LogP contribution in [0, 0.1) is 5.92 Å². The molecule has 1 aromatic heterocycles. The highest BCUT2D eigenvalue weighted by molar-refractivity contribution is 5.91. The van der Waals surface area contributed by atoms with Gasteiger partial charge in [0.1, 0.15) is 11.6 Å². The Morgan fingerprint density at radius 1 is 1.16 bits per heavy atom. The van der Waals surface area contributed by atoms with Crippen LogP contribution in [0.25, 0.3) is 0 Å². The Labute approximate surface area is 191 Å². The third-order valence-corrected chi connectivity index (χ3v) is 6.53. The third kappa shape index (κ3) is 5.76. The number of rotatable bonds is 9. The molecule has 32 heavy (non-hydrogen) atoms. The van der Waals surface area contributed by atoms with Crippen LogP contribution in [0.3, 0.4) is 0 Å². The van der Waals surface area contributed by atoms with Crippen molar-refractivity contribution in [3.63, 3.8) is 0 Å². The highest BCUT2D eigenvalue weighted by Crippen LogP contribution is 2.31. The lowest BCUT2D eigenvalue weighted by molar-refractivity contribution is -0.117. The second kappa shape index (κ2) is 10.8. The number of ether oxygens (including phenoxy) is 1. The zero-order valence-corrected chi connectivity index (χ0v) is 19.1. The molecule has 1 aromatic carbocycles. The molecule has 0 saturated carbocycles. The summed E-state index contributed by atoms with van der Waals surface area (Å²) in [6, 6.07) is 11.0. The van der Waals surface area contributed by atoms with Gasteiger partial charge in [-0.15, -0.1) is 0 Å². The number of Topliss-reactive ketones (excluding diaryl/α,β-unsaturated/α-hetero) is 1. The average molecular weight is 438 g/mol. The fourth-order valence-corrected chi connectivity index (χ4v) is 4.61. The van der Waals surface area contributed by atoms with Crippen molar-refractivity contribution >= 4 is 17.4 Å². The molecule has 7 heteroatoms. The Morgan fingerprint density at radius 3 is 2.69 bits per heavy atom. The summed E-state index contributed by atoms with van der Waals surface area (Å²) >= 11 is 0. The summed E-state index contributed by atoms with van der Waals surface area (Å²) in [5.74, 6) is 1.99. The van der Waals surface area contributed by atoms with Crippen LogP contribution in [0.1, 0.15) is 50.2 Å². The molecule has 4 rings (SSSR count). The van der Waals surface area contributed by atoms with E-state index in [4.69, 9.17) is 10.5 Å². The molecule has 0 spiro atoms. The molecular weight excluding hydrogens is 402 g/mol. The topological polar surface area (TPSA) is 84.6 Å². The lowest BCUT2D eigenvalue weighted by Gasteiger charge is -2.34. The maximum atomic E-state index is 12.4. The van der Waals surface area contributed by atoms with Crippen molar-refractivity contribution in [3.8, 4) is 6.01 Å². The van der Waals surface area contributed by atoms with Crippen molar-refractivity contribution in [2.75, 3.05) is 43.4 Å². The van der Waals surface area contributed by atoms with E-state index in [2.05, 4.69) is 57.0 Å². The minimum absolute atomic E-state index is 0.171. The van der Waals surface area contributed by atoms with E-state index in [1.807, 2.05) is 0 Å². The van der Waals surface area contributed by atoms with Crippen molar-refractivity contribution in [1.82, 2.24) is 14.9 Å². The number of fused-ring (bicyclic) bond motifs is 1. The molecule has 7 nitrogen and oxygen atoms in total. The molecule has 0 radical (unpaired) electrons. The van der Waals surface area contributed by atoms with Crippen molar-refractivity contribution in [2.24, 2.45) is 5.92 Å². The molecular formula is C25H35N5O2. The van der Waals surface area contributed by atoms with Crippen LogP contribution in [0.5, 0.6) is 6.01 Å². The SMILES string of the molecule is CCCCOc1nc(N)c2c(n1)N(CCC1CCN(Cc3ccccc3)CC1)CC(=O)C2. The molecule has 0 unspecified atom stereocenters. The first-order valence-corrected chi connectivity index (χ1v) is 11.9. The first-order chi connectivity index (χ1) is 15.6. The van der Waals surface area contributed by atoms with Gasteiger partial charge in [0, 0.05) is 25.1 Å². The average Bonchev–Trinajstić information content (AvgIpc) is 2.80. The molecule has 0 atom stereocenters. The number of anilines is 2. The number of unbranched alkanes of at least 4 members (excludes halogenated alkanes) is 1. The van der Waals surface area contributed by atoms with Crippen molar-refractivity contribution in [1.29, 1.82) is 0 Å². The fraction of sp³-hybridized carbons (Fsp3) is 0.560. The summed E-state index contributed by atoms with van der Waals surface area (Å²) in [5.41, 5.74) is 8.30. The van der Waals surface area contributed by atoms with E-state index >= 15 is 0 Å². The molecule has 0 amide bonds. The number of hydrogen-bond acceptors (Lipinski definition) is 7. The minimum atomic E-state index is 0.171. The Bertz CT molecular complexity index is 897. The summed E-state index contributed by atoms with van der Waals surface area (Å²) in [4.78, 5) is 25.9. The first-order valence-electron chi connectivity index (χ1n) is 11.9. The van der Waals surface area contributed by atoms with Gasteiger partial charge in [-0.1, -0.05) is 43.7 Å². The van der Waals surface area contributed by atoms with Gasteiger partial charge in [0.05, 0.1) is 13.2 Å². The number of piperidine rings is 1. The number of ketones is 1. The van der Waals surface area contributed by atoms with Crippen LogP contribution in [-0.2, 0) is 17.8 Å². The van der Waals surface area contributed by atoms with Crippen LogP contribution in [0.4, 0.5) is 11.6 Å². The molecule has 2 aliphatic heterocycles. The van der Waals surface area contributed by atoms with E-state index in [0.29, 0.717) is 37.3 Å². The number of nitrogens with two attached hydrogens (primary N) is 1. The van der Waals surface area contributed by atoms with Gasteiger partial charge < -0.3 is 15.4 Å². The predicted octanol–water partition coefficient (Wildman–Crippen LogP) is 3.47. The number of likely N-dealkylation sites (tertiary alicyclic amines) is 1. The Balaban J connectivity index is 1.33. The Kier molecular flexibility index (Phi) is 7.58. The van der Waals surface area contributed by atoms with Crippen LogP contribution < -0.4 is 15.4 Å². The minimum Gasteiger partial charge on any atom is -0.463 e. The number of nitrogens with zero attached hydrogens (tertiary/aromatic N) is 4. The Morgan fingerprint density at radius 2 is 1.94 bits per heavy atom. The molecule has 0 bridgehead atoms. The van der Waals surface area contributed by atoms with Crippen LogP contribution in [0.2, 0.25) is 0 Å². The van der Waals surface area contributed by atoms with Gasteiger partial charge in [-0.05, 0) is 50.3 Å². The predicted molar refractivity (Wildman–Crippen MR) is 127 cm³/mol. The Hall–Kier alpha value is -2.67. The van der Waals surface area contributed by atoms with E-state index < -0.39 is 0 Å². The van der Waals surface area contributed by atoms with Gasteiger partial charge >= 0.3 is 6.01 Å². The quantitative estimate of drug-likeness (QED) is 0.601. The maximum Gasteiger partial charge on any atom is 0.320 e. The molecule has 1 fully saturated rings. The fourth-order valence-electron chi connectivity index (χ4n) is 4.61. The van der Waals surface area contributed by atoms with Gasteiger partial charge in [0.25, 0.3) is 0 Å². The zero-order valence-electron chi connectivity index (χ0n) is 19.1. The molecule has 0 aliphatic carbocycles. The highest BCUT2D eigenvalue weighted by Gasteiger charge is 2.28. The highest BCUT2D eigenvalue weighted by atomic mass is 16.5. The number of benzene rings is 1. The second-order valence-corrected chi connectivity index (χ2v) is 9.03. The van der Waals surface area contributed by atoms with Crippen LogP contribution in [0.15, 0.2) is 30.3 Å². The largest absolute Gasteiger partial charge is 0.463 e. The van der Waals surface area contributed by atoms with Gasteiger partial charge in [-0.2, -0.15) is 9.97 Å². The van der Waals surface area contributed by atoms with Crippen molar-refractivity contribution in [3.05, 3.63) is 41.5 Å². The number of hydrogen-bond donors (Lipinski definition) is 1. The smallest absolute Gasteiger partial charge is 0.320 e. The zero-order chi connectivity index (χ0) is 22.3. The lowest BCUT2D eigenvalue weighted by atomic mass is 9.92. The summed E-state index contributed by atoms with van der Waals surface area (Å²) in [6.07, 6.45) is 5.75. The molecule has 1 saturated heterocycles. The normalized spacial score (nSPS) is 17.4. The summed E-state index contributed by atoms with van der Waals surface area (Å²) in [6.45, 7) is 7.18.